The zero-order valence-corrected chi connectivity index (χ0v) is 15.8. The Morgan fingerprint density at radius 2 is 1.41 bits per heavy atom. The second kappa shape index (κ2) is 8.90. The van der Waals surface area contributed by atoms with Crippen molar-refractivity contribution in [2.75, 3.05) is 59.9 Å². The van der Waals surface area contributed by atoms with Gasteiger partial charge in [0.05, 0.1) is 0 Å². The van der Waals surface area contributed by atoms with E-state index in [-0.39, 0.29) is 43.7 Å². The minimum absolute atomic E-state index is 0.0578. The van der Waals surface area contributed by atoms with Crippen LogP contribution in [0.15, 0.2) is 0 Å². The largest absolute Gasteiger partial charge is 0.471 e. The molecule has 0 N–H and O–H groups in total. The fraction of sp³-hybridized carbons (Fsp3) is 0.824. The number of halogens is 3. The minimum Gasteiger partial charge on any atom is -0.339 e. The fourth-order valence-corrected chi connectivity index (χ4v) is 3.42. The van der Waals surface area contributed by atoms with E-state index in [4.69, 9.17) is 0 Å². The second-order valence-corrected chi connectivity index (χ2v) is 7.32. The lowest BCUT2D eigenvalue weighted by molar-refractivity contribution is -0.187. The van der Waals surface area contributed by atoms with E-state index < -0.39 is 12.1 Å². The topological polar surface area (TPSA) is 64.2 Å². The van der Waals surface area contributed by atoms with Crippen molar-refractivity contribution in [3.8, 4) is 0 Å². The van der Waals surface area contributed by atoms with Gasteiger partial charge in [0, 0.05) is 58.2 Å². The number of alkyl halides is 3. The van der Waals surface area contributed by atoms with Gasteiger partial charge in [-0.2, -0.15) is 13.2 Å². The van der Waals surface area contributed by atoms with Crippen LogP contribution in [0.3, 0.4) is 0 Å². The number of carbonyl (C=O) groups excluding carboxylic acids is 3. The zero-order chi connectivity index (χ0) is 20.2. The van der Waals surface area contributed by atoms with Crippen molar-refractivity contribution in [2.24, 2.45) is 5.92 Å². The van der Waals surface area contributed by atoms with E-state index in [2.05, 4.69) is 0 Å². The normalized spacial score (nSPS) is 19.6. The molecule has 2 rings (SSSR count). The highest BCUT2D eigenvalue weighted by Gasteiger charge is 2.44. The summed E-state index contributed by atoms with van der Waals surface area (Å²) in [7, 11) is 3.80. The van der Waals surface area contributed by atoms with E-state index in [0.29, 0.717) is 39.1 Å². The molecule has 2 saturated heterocycles. The zero-order valence-electron chi connectivity index (χ0n) is 15.8. The monoisotopic (exact) mass is 392 g/mol. The van der Waals surface area contributed by atoms with E-state index in [0.717, 1.165) is 4.90 Å². The summed E-state index contributed by atoms with van der Waals surface area (Å²) in [4.78, 5) is 42.1. The van der Waals surface area contributed by atoms with Gasteiger partial charge in [0.2, 0.25) is 11.8 Å². The predicted octanol–water partition coefficient (Wildman–Crippen LogP) is 0.410. The Morgan fingerprint density at radius 3 is 1.89 bits per heavy atom. The molecule has 0 aliphatic carbocycles. The van der Waals surface area contributed by atoms with Crippen LogP contribution in [0.25, 0.3) is 0 Å². The molecule has 2 aliphatic heterocycles. The molecule has 0 saturated carbocycles. The average molecular weight is 392 g/mol. The number of hydrogen-bond donors (Lipinski definition) is 0. The lowest BCUT2D eigenvalue weighted by atomic mass is 9.95. The number of piperidine rings is 1. The fourth-order valence-electron chi connectivity index (χ4n) is 3.42. The molecule has 0 aromatic rings. The Balaban J connectivity index is 1.77. The third-order valence-electron chi connectivity index (χ3n) is 5.09. The number of rotatable bonds is 4. The molecule has 0 atom stereocenters. The Kier molecular flexibility index (Phi) is 7.07. The molecule has 2 heterocycles. The summed E-state index contributed by atoms with van der Waals surface area (Å²) in [5.74, 6) is -2.22. The molecule has 3 amide bonds. The summed E-state index contributed by atoms with van der Waals surface area (Å²) in [5.41, 5.74) is 0. The second-order valence-electron chi connectivity index (χ2n) is 7.32. The maximum atomic E-state index is 12.6. The van der Waals surface area contributed by atoms with E-state index in [1.807, 2.05) is 19.0 Å². The molecule has 0 aromatic heterocycles. The minimum atomic E-state index is -4.87. The van der Waals surface area contributed by atoms with Crippen LogP contribution in [0.1, 0.15) is 19.3 Å². The summed E-state index contributed by atoms with van der Waals surface area (Å²) in [5, 5.41) is 0. The van der Waals surface area contributed by atoms with Crippen molar-refractivity contribution >= 4 is 17.7 Å². The molecule has 10 heteroatoms. The molecule has 2 fully saturated rings. The molecular formula is C17H27F3N4O3. The molecular weight excluding hydrogens is 365 g/mol. The third kappa shape index (κ3) is 5.82. The van der Waals surface area contributed by atoms with E-state index in [1.54, 1.807) is 9.80 Å². The number of piperazine rings is 1. The molecule has 27 heavy (non-hydrogen) atoms. The van der Waals surface area contributed by atoms with Gasteiger partial charge in [0.25, 0.3) is 0 Å². The van der Waals surface area contributed by atoms with Gasteiger partial charge in [0.15, 0.2) is 0 Å². The highest BCUT2D eigenvalue weighted by atomic mass is 19.4. The number of carbonyl (C=O) groups is 3. The van der Waals surface area contributed by atoms with Gasteiger partial charge < -0.3 is 19.6 Å². The van der Waals surface area contributed by atoms with Crippen molar-refractivity contribution in [2.45, 2.75) is 25.4 Å². The summed E-state index contributed by atoms with van der Waals surface area (Å²) >= 11 is 0. The standard InChI is InChI=1S/C17H27F3N4O3/c1-21(2)6-5-14(25)22-9-11-23(12-10-22)15(26)13-3-7-24(8-4-13)16(27)17(18,19)20/h13H,3-12H2,1-2H3. The first kappa shape index (κ1) is 21.5. The van der Waals surface area contributed by atoms with Crippen LogP contribution in [0, 0.1) is 5.92 Å². The van der Waals surface area contributed by atoms with Crippen LogP contribution in [0.4, 0.5) is 13.2 Å². The molecule has 0 unspecified atom stereocenters. The van der Waals surface area contributed by atoms with Crippen LogP contribution in [-0.2, 0) is 14.4 Å². The van der Waals surface area contributed by atoms with E-state index >= 15 is 0 Å². The molecule has 0 bridgehead atoms. The predicted molar refractivity (Wildman–Crippen MR) is 91.7 cm³/mol. The maximum absolute atomic E-state index is 12.6. The van der Waals surface area contributed by atoms with E-state index in [1.165, 1.54) is 0 Å². The summed E-state index contributed by atoms with van der Waals surface area (Å²) < 4.78 is 37.4. The van der Waals surface area contributed by atoms with Crippen LogP contribution >= 0.6 is 0 Å². The van der Waals surface area contributed by atoms with Gasteiger partial charge in [-0.25, -0.2) is 0 Å². The summed E-state index contributed by atoms with van der Waals surface area (Å²) in [6.45, 7) is 2.39. The summed E-state index contributed by atoms with van der Waals surface area (Å²) in [6, 6.07) is 0. The number of amides is 3. The highest BCUT2D eigenvalue weighted by Crippen LogP contribution is 2.25. The first-order chi connectivity index (χ1) is 12.6. The third-order valence-corrected chi connectivity index (χ3v) is 5.09. The molecule has 7 nitrogen and oxygen atoms in total. The van der Waals surface area contributed by atoms with Crippen molar-refractivity contribution in [1.29, 1.82) is 0 Å². The van der Waals surface area contributed by atoms with Crippen molar-refractivity contribution in [3.05, 3.63) is 0 Å². The molecule has 2 aliphatic rings. The number of likely N-dealkylation sites (tertiary alicyclic amines) is 1. The Morgan fingerprint density at radius 1 is 0.889 bits per heavy atom. The van der Waals surface area contributed by atoms with Gasteiger partial charge in [-0.1, -0.05) is 0 Å². The van der Waals surface area contributed by atoms with Crippen LogP contribution in [-0.4, -0.2) is 103 Å². The number of hydrogen-bond acceptors (Lipinski definition) is 4. The van der Waals surface area contributed by atoms with Gasteiger partial charge in [0.1, 0.15) is 0 Å². The van der Waals surface area contributed by atoms with Gasteiger partial charge >= 0.3 is 12.1 Å². The lowest BCUT2D eigenvalue weighted by Gasteiger charge is -2.38. The molecule has 0 radical (unpaired) electrons. The molecule has 154 valence electrons. The van der Waals surface area contributed by atoms with E-state index in [9.17, 15) is 27.6 Å². The van der Waals surface area contributed by atoms with Crippen LogP contribution in [0.5, 0.6) is 0 Å². The number of nitrogens with zero attached hydrogens (tertiary/aromatic N) is 4. The summed E-state index contributed by atoms with van der Waals surface area (Å²) in [6.07, 6.45) is -3.95. The van der Waals surface area contributed by atoms with Crippen molar-refractivity contribution in [3.63, 3.8) is 0 Å². The molecule has 0 spiro atoms. The van der Waals surface area contributed by atoms with Gasteiger partial charge in [-0.15, -0.1) is 0 Å². The smallest absolute Gasteiger partial charge is 0.339 e. The van der Waals surface area contributed by atoms with Gasteiger partial charge in [-0.3, -0.25) is 14.4 Å². The SMILES string of the molecule is CN(C)CCC(=O)N1CCN(C(=O)C2CCN(C(=O)C(F)(F)F)CC2)CC1. The average Bonchev–Trinajstić information content (AvgIpc) is 2.64. The Labute approximate surface area is 157 Å². The van der Waals surface area contributed by atoms with Crippen molar-refractivity contribution < 1.29 is 27.6 Å². The Hall–Kier alpha value is -1.84. The van der Waals surface area contributed by atoms with Crippen LogP contribution < -0.4 is 0 Å². The lowest BCUT2D eigenvalue weighted by Crippen LogP contribution is -2.53. The van der Waals surface area contributed by atoms with Crippen molar-refractivity contribution in [1.82, 2.24) is 19.6 Å². The first-order valence-electron chi connectivity index (χ1n) is 9.17. The highest BCUT2D eigenvalue weighted by molar-refractivity contribution is 5.83. The maximum Gasteiger partial charge on any atom is 0.471 e. The van der Waals surface area contributed by atoms with Crippen LogP contribution in [0.2, 0.25) is 0 Å². The van der Waals surface area contributed by atoms with Gasteiger partial charge in [-0.05, 0) is 26.9 Å². The first-order valence-corrected chi connectivity index (χ1v) is 9.17. The quantitative estimate of drug-likeness (QED) is 0.695. The Bertz CT molecular complexity index is 552. The molecule has 0 aromatic carbocycles.